The molecule has 0 fully saturated rings. The van der Waals surface area contributed by atoms with E-state index in [-0.39, 0.29) is 32.9 Å². The zero-order chi connectivity index (χ0) is 42.3. The summed E-state index contributed by atoms with van der Waals surface area (Å²) in [5.74, 6) is 0. The number of hydrogen-bond donors (Lipinski definition) is 0. The lowest BCUT2D eigenvalue weighted by Gasteiger charge is -2.08. The van der Waals surface area contributed by atoms with Crippen LogP contribution in [0.3, 0.4) is 0 Å². The summed E-state index contributed by atoms with van der Waals surface area (Å²) in [4.78, 5) is 32.1. The normalized spacial score (nSPS) is 12.5. The van der Waals surface area contributed by atoms with Crippen LogP contribution >= 0.6 is 0 Å². The van der Waals surface area contributed by atoms with Crippen molar-refractivity contribution >= 4 is 0 Å². The Morgan fingerprint density at radius 2 is 0.446 bits per heavy atom. The highest BCUT2D eigenvalue weighted by Gasteiger charge is 2.19. The largest absolute Gasteiger partial charge is 0.264 e. The number of nitro groups is 3. The van der Waals surface area contributed by atoms with Gasteiger partial charge in [-0.1, -0.05) is 215 Å². The first kappa shape index (κ1) is 58.5. The lowest BCUT2D eigenvalue weighted by molar-refractivity contribution is -0.524. The van der Waals surface area contributed by atoms with Gasteiger partial charge in [0.05, 0.1) is 0 Å². The first-order valence-corrected chi connectivity index (χ1v) is 24.6. The van der Waals surface area contributed by atoms with Crippen molar-refractivity contribution in [3.8, 4) is 0 Å². The second-order valence-corrected chi connectivity index (χ2v) is 16.7. The number of nitrogens with zero attached hydrogens (tertiary/aromatic N) is 3. The zero-order valence-corrected chi connectivity index (χ0v) is 38.4. The van der Waals surface area contributed by atoms with Gasteiger partial charge in [0.2, 0.25) is 18.1 Å². The Morgan fingerprint density at radius 1 is 0.268 bits per heavy atom. The monoisotopic (exact) mass is 800 g/mol. The van der Waals surface area contributed by atoms with Gasteiger partial charge in [-0.05, 0) is 32.1 Å². The van der Waals surface area contributed by atoms with Gasteiger partial charge in [0.25, 0.3) is 0 Å². The molecule has 9 heteroatoms. The minimum atomic E-state index is -0.307. The van der Waals surface area contributed by atoms with Crippen molar-refractivity contribution in [1.29, 1.82) is 0 Å². The van der Waals surface area contributed by atoms with E-state index in [1.54, 1.807) is 0 Å². The molecular formula is C47H97N3O6. The highest BCUT2D eigenvalue weighted by molar-refractivity contribution is 4.60. The molecule has 0 aromatic rings. The van der Waals surface area contributed by atoms with Gasteiger partial charge in [-0.3, -0.25) is 30.3 Å². The number of unbranched alkanes of at least 4 members (excludes halogenated alkanes) is 27. The molecule has 0 radical (unpaired) electrons. The van der Waals surface area contributed by atoms with Gasteiger partial charge in [0, 0.05) is 53.3 Å². The summed E-state index contributed by atoms with van der Waals surface area (Å²) in [7, 11) is 0. The van der Waals surface area contributed by atoms with Crippen LogP contribution in [0.2, 0.25) is 0 Å². The average molecular weight is 800 g/mol. The lowest BCUT2D eigenvalue weighted by atomic mass is 10.0. The van der Waals surface area contributed by atoms with E-state index in [2.05, 4.69) is 34.6 Å². The van der Waals surface area contributed by atoms with Gasteiger partial charge in [-0.25, -0.2) is 0 Å². The summed E-state index contributed by atoms with van der Waals surface area (Å²) in [6, 6.07) is -0.879. The molecule has 9 nitrogen and oxygen atoms in total. The van der Waals surface area contributed by atoms with Crippen LogP contribution in [0, 0.1) is 30.3 Å². The highest BCUT2D eigenvalue weighted by Crippen LogP contribution is 2.17. The predicted octanol–water partition coefficient (Wildman–Crippen LogP) is 16.8. The summed E-state index contributed by atoms with van der Waals surface area (Å²) in [5.41, 5.74) is 0. The van der Waals surface area contributed by atoms with Gasteiger partial charge in [-0.15, -0.1) is 0 Å². The average Bonchev–Trinajstić information content (AvgIpc) is 3.18. The molecule has 0 N–H and O–H groups in total. The van der Waals surface area contributed by atoms with Gasteiger partial charge in [-0.2, -0.15) is 0 Å². The van der Waals surface area contributed by atoms with E-state index < -0.39 is 0 Å². The number of rotatable bonds is 41. The predicted molar refractivity (Wildman–Crippen MR) is 242 cm³/mol. The first-order chi connectivity index (χ1) is 27.2. The molecule has 0 saturated carbocycles. The molecule has 0 aliphatic carbocycles. The van der Waals surface area contributed by atoms with Crippen LogP contribution in [0.5, 0.6) is 0 Å². The van der Waals surface area contributed by atoms with Crippen LogP contribution in [-0.4, -0.2) is 32.9 Å². The molecule has 0 amide bonds. The van der Waals surface area contributed by atoms with Crippen LogP contribution in [0.25, 0.3) is 0 Å². The van der Waals surface area contributed by atoms with E-state index in [1.165, 1.54) is 148 Å². The summed E-state index contributed by atoms with van der Waals surface area (Å²) in [6.45, 7) is 12.8. The van der Waals surface area contributed by atoms with Crippen LogP contribution in [0.4, 0.5) is 0 Å². The molecule has 56 heavy (non-hydrogen) atoms. The molecule has 0 aliphatic heterocycles. The van der Waals surface area contributed by atoms with Crippen molar-refractivity contribution in [2.75, 3.05) is 0 Å². The number of hydrogen-bond acceptors (Lipinski definition) is 6. The molecule has 0 aromatic heterocycles. The van der Waals surface area contributed by atoms with Crippen molar-refractivity contribution < 1.29 is 14.8 Å². The molecule has 0 aromatic carbocycles. The fraction of sp³-hybridized carbons (Fsp3) is 1.00. The van der Waals surface area contributed by atoms with E-state index in [4.69, 9.17) is 0 Å². The molecule has 0 spiro atoms. The standard InChI is InChI=1S/C18H37NO2.C16H33NO2.C13H27NO2/c1-3-5-7-8-9-10-11-12-13-14-15-17-18(19(20)21)16-6-4-2;1-3-5-6-7-8-9-10-11-12-13-14-15-16(4-2)17(18)19;1-3-5-7-8-10-12-13(14(15)16)11-9-6-4-2/h18H,3-17H2,1-2H3;16H,3-15H2,1-2H3;13H,3-12H2,1-2H3. The van der Waals surface area contributed by atoms with E-state index >= 15 is 0 Å². The molecule has 3 atom stereocenters. The van der Waals surface area contributed by atoms with E-state index in [0.717, 1.165) is 89.9 Å². The minimum absolute atomic E-state index is 0.0635. The van der Waals surface area contributed by atoms with Crippen LogP contribution in [-0.2, 0) is 0 Å². The zero-order valence-electron chi connectivity index (χ0n) is 38.4. The third-order valence-corrected chi connectivity index (χ3v) is 11.3. The van der Waals surface area contributed by atoms with Crippen molar-refractivity contribution in [2.24, 2.45) is 0 Å². The Labute approximate surface area is 347 Å². The Bertz CT molecular complexity index is 815. The molecule has 0 bridgehead atoms. The smallest absolute Gasteiger partial charge is 0.213 e. The van der Waals surface area contributed by atoms with Gasteiger partial charge in [0.15, 0.2) is 0 Å². The molecule has 0 saturated heterocycles. The maximum atomic E-state index is 10.9. The Hall–Kier alpha value is -1.80. The van der Waals surface area contributed by atoms with Crippen molar-refractivity contribution in [1.82, 2.24) is 0 Å². The molecular weight excluding hydrogens is 703 g/mol. The van der Waals surface area contributed by atoms with Crippen LogP contribution < -0.4 is 0 Å². The molecule has 336 valence electrons. The SMILES string of the molecule is CCCCCCCC(CCCCC)[N+](=O)[O-].CCCCCCCCCCCCCC(CC)[N+](=O)[O-].CCCCCCCCCCCCCC(CCCC)[N+](=O)[O-]. The fourth-order valence-corrected chi connectivity index (χ4v) is 7.31. The lowest BCUT2D eigenvalue weighted by Crippen LogP contribution is -2.19. The van der Waals surface area contributed by atoms with Crippen molar-refractivity contribution in [3.05, 3.63) is 30.3 Å². The Kier molecular flexibility index (Phi) is 51.6. The maximum absolute atomic E-state index is 10.9. The first-order valence-electron chi connectivity index (χ1n) is 24.6. The molecule has 0 heterocycles. The second kappa shape index (κ2) is 49.3. The maximum Gasteiger partial charge on any atom is 0.213 e. The third-order valence-electron chi connectivity index (χ3n) is 11.3. The Morgan fingerprint density at radius 3 is 0.679 bits per heavy atom. The quantitative estimate of drug-likeness (QED) is 0.0344. The Balaban J connectivity index is -0.000000759. The third kappa shape index (κ3) is 46.6. The highest BCUT2D eigenvalue weighted by atomic mass is 16.6. The molecule has 0 aliphatic rings. The minimum Gasteiger partial charge on any atom is -0.264 e. The topological polar surface area (TPSA) is 129 Å². The van der Waals surface area contributed by atoms with Gasteiger partial charge < -0.3 is 0 Å². The van der Waals surface area contributed by atoms with Crippen molar-refractivity contribution in [2.45, 2.75) is 304 Å². The van der Waals surface area contributed by atoms with E-state index in [9.17, 15) is 30.3 Å². The molecule has 3 unspecified atom stereocenters. The second-order valence-electron chi connectivity index (χ2n) is 16.7. The summed E-state index contributed by atoms with van der Waals surface area (Å²) < 4.78 is 0. The van der Waals surface area contributed by atoms with Gasteiger partial charge >= 0.3 is 0 Å². The van der Waals surface area contributed by atoms with E-state index in [1.807, 2.05) is 6.92 Å². The van der Waals surface area contributed by atoms with Gasteiger partial charge in [0.1, 0.15) is 0 Å². The fourth-order valence-electron chi connectivity index (χ4n) is 7.31. The van der Waals surface area contributed by atoms with Crippen LogP contribution in [0.15, 0.2) is 0 Å². The summed E-state index contributed by atoms with van der Waals surface area (Å²) >= 11 is 0. The van der Waals surface area contributed by atoms with Crippen LogP contribution in [0.1, 0.15) is 286 Å². The molecule has 0 rings (SSSR count). The summed E-state index contributed by atoms with van der Waals surface area (Å²) in [6.07, 6.45) is 44.5. The summed E-state index contributed by atoms with van der Waals surface area (Å²) in [5, 5.41) is 32.4. The van der Waals surface area contributed by atoms with E-state index in [0.29, 0.717) is 6.42 Å². The van der Waals surface area contributed by atoms with Crippen molar-refractivity contribution in [3.63, 3.8) is 0 Å².